The normalized spacial score (nSPS) is 23.2. The molecule has 1 aromatic heterocycles. The predicted octanol–water partition coefficient (Wildman–Crippen LogP) is 1.92. The van der Waals surface area contributed by atoms with Crippen LogP contribution in [0.15, 0.2) is 6.20 Å². The average molecular weight is 150 g/mol. The highest BCUT2D eigenvalue weighted by Crippen LogP contribution is 2.25. The van der Waals surface area contributed by atoms with Crippen LogP contribution in [0.2, 0.25) is 0 Å². The molecule has 2 nitrogen and oxygen atoms in total. The fraction of sp³-hybridized carbons (Fsp3) is 0.667. The van der Waals surface area contributed by atoms with Crippen LogP contribution in [-0.4, -0.2) is 10.2 Å². The quantitative estimate of drug-likeness (QED) is 0.651. The maximum absolute atomic E-state index is 4.05. The minimum Gasteiger partial charge on any atom is -0.282 e. The molecule has 0 spiro atoms. The second-order valence-corrected chi connectivity index (χ2v) is 3.39. The molecule has 0 aromatic carbocycles. The molecule has 0 saturated carbocycles. The molecule has 1 heterocycles. The molecule has 0 bridgehead atoms. The number of hydrogen-bond donors (Lipinski definition) is 1. The number of rotatable bonds is 1. The summed E-state index contributed by atoms with van der Waals surface area (Å²) in [5.41, 5.74) is 2.82. The van der Waals surface area contributed by atoms with Gasteiger partial charge < -0.3 is 0 Å². The molecule has 0 aliphatic heterocycles. The van der Waals surface area contributed by atoms with Gasteiger partial charge in [-0.1, -0.05) is 13.3 Å². The Morgan fingerprint density at radius 1 is 1.73 bits per heavy atom. The number of nitrogens with zero attached hydrogens (tertiary/aromatic N) is 1. The molecule has 0 fully saturated rings. The third-order valence-electron chi connectivity index (χ3n) is 2.70. The van der Waals surface area contributed by atoms with E-state index in [4.69, 9.17) is 0 Å². The Bertz CT molecular complexity index is 239. The molecule has 1 N–H and O–H groups in total. The summed E-state index contributed by atoms with van der Waals surface area (Å²) in [6, 6.07) is 0. The van der Waals surface area contributed by atoms with Gasteiger partial charge in [0.15, 0.2) is 0 Å². The van der Waals surface area contributed by atoms with E-state index >= 15 is 0 Å². The topological polar surface area (TPSA) is 28.7 Å². The summed E-state index contributed by atoms with van der Waals surface area (Å²) in [7, 11) is 0. The van der Waals surface area contributed by atoms with E-state index in [2.05, 4.69) is 17.1 Å². The molecule has 1 atom stereocenters. The van der Waals surface area contributed by atoms with Crippen molar-refractivity contribution in [1.82, 2.24) is 10.2 Å². The van der Waals surface area contributed by atoms with E-state index in [0.717, 1.165) is 5.92 Å². The summed E-state index contributed by atoms with van der Waals surface area (Å²) in [5, 5.41) is 7.12. The van der Waals surface area contributed by atoms with Crippen molar-refractivity contribution in [2.24, 2.45) is 5.92 Å². The largest absolute Gasteiger partial charge is 0.282 e. The highest BCUT2D eigenvalue weighted by molar-refractivity contribution is 5.19. The lowest BCUT2D eigenvalue weighted by Gasteiger charge is -2.19. The number of hydrogen-bond acceptors (Lipinski definition) is 1. The summed E-state index contributed by atoms with van der Waals surface area (Å²) in [4.78, 5) is 0. The highest BCUT2D eigenvalue weighted by atomic mass is 15.1. The second kappa shape index (κ2) is 2.68. The molecule has 60 valence electrons. The van der Waals surface area contributed by atoms with Crippen molar-refractivity contribution in [3.05, 3.63) is 17.5 Å². The third kappa shape index (κ3) is 1.17. The zero-order valence-corrected chi connectivity index (χ0v) is 6.93. The van der Waals surface area contributed by atoms with Gasteiger partial charge in [-0.3, -0.25) is 5.10 Å². The Hall–Kier alpha value is -0.790. The monoisotopic (exact) mass is 150 g/mol. The van der Waals surface area contributed by atoms with Crippen LogP contribution in [0.4, 0.5) is 0 Å². The number of nitrogens with one attached hydrogen (secondary N) is 1. The molecular formula is C9H14N2. The number of aromatic nitrogens is 2. The Labute approximate surface area is 67.0 Å². The SMILES string of the molecule is CCC1CCc2cn[nH]c2C1. The predicted molar refractivity (Wildman–Crippen MR) is 44.4 cm³/mol. The first kappa shape index (κ1) is 6.89. The van der Waals surface area contributed by atoms with E-state index < -0.39 is 0 Å². The lowest BCUT2D eigenvalue weighted by atomic mass is 9.87. The zero-order chi connectivity index (χ0) is 7.68. The van der Waals surface area contributed by atoms with Gasteiger partial charge in [-0.25, -0.2) is 0 Å². The van der Waals surface area contributed by atoms with Crippen LogP contribution >= 0.6 is 0 Å². The summed E-state index contributed by atoms with van der Waals surface area (Å²) in [6.45, 7) is 2.27. The molecule has 2 heteroatoms. The minimum absolute atomic E-state index is 0.892. The fourth-order valence-corrected chi connectivity index (χ4v) is 1.83. The standard InChI is InChI=1S/C9H14N2/c1-2-7-3-4-8-6-10-11-9(8)5-7/h6-7H,2-5H2,1H3,(H,10,11). The van der Waals surface area contributed by atoms with Crippen molar-refractivity contribution in [1.29, 1.82) is 0 Å². The Morgan fingerprint density at radius 3 is 3.45 bits per heavy atom. The maximum Gasteiger partial charge on any atom is 0.0522 e. The maximum atomic E-state index is 4.05. The van der Waals surface area contributed by atoms with Crippen LogP contribution in [0.5, 0.6) is 0 Å². The molecule has 1 unspecified atom stereocenters. The summed E-state index contributed by atoms with van der Waals surface area (Å²) < 4.78 is 0. The Morgan fingerprint density at radius 2 is 2.64 bits per heavy atom. The summed E-state index contributed by atoms with van der Waals surface area (Å²) in [5.74, 6) is 0.892. The van der Waals surface area contributed by atoms with Crippen molar-refractivity contribution in [3.8, 4) is 0 Å². The van der Waals surface area contributed by atoms with E-state index in [0.29, 0.717) is 0 Å². The highest BCUT2D eigenvalue weighted by Gasteiger charge is 2.17. The van der Waals surface area contributed by atoms with Gasteiger partial charge >= 0.3 is 0 Å². The Kier molecular flexibility index (Phi) is 1.68. The number of aromatic amines is 1. The molecular weight excluding hydrogens is 136 g/mol. The van der Waals surface area contributed by atoms with Crippen LogP contribution in [0, 0.1) is 5.92 Å². The van der Waals surface area contributed by atoms with Crippen LogP contribution in [0.25, 0.3) is 0 Å². The van der Waals surface area contributed by atoms with Gasteiger partial charge in [-0.2, -0.15) is 5.10 Å². The first-order valence-corrected chi connectivity index (χ1v) is 4.41. The van der Waals surface area contributed by atoms with E-state index in [1.807, 2.05) is 6.20 Å². The lowest BCUT2D eigenvalue weighted by Crippen LogP contribution is -2.12. The molecule has 0 saturated heterocycles. The van der Waals surface area contributed by atoms with Gasteiger partial charge in [0.25, 0.3) is 0 Å². The van der Waals surface area contributed by atoms with Crippen LogP contribution < -0.4 is 0 Å². The van der Waals surface area contributed by atoms with E-state index in [1.54, 1.807) is 0 Å². The van der Waals surface area contributed by atoms with Crippen LogP contribution in [0.1, 0.15) is 31.0 Å². The van der Waals surface area contributed by atoms with Gasteiger partial charge in [0.05, 0.1) is 6.20 Å². The van der Waals surface area contributed by atoms with Crippen LogP contribution in [0.3, 0.4) is 0 Å². The van der Waals surface area contributed by atoms with Crippen molar-refractivity contribution in [3.63, 3.8) is 0 Å². The van der Waals surface area contributed by atoms with Crippen molar-refractivity contribution >= 4 is 0 Å². The summed E-state index contributed by atoms with van der Waals surface area (Å²) >= 11 is 0. The van der Waals surface area contributed by atoms with E-state index in [1.165, 1.54) is 36.9 Å². The van der Waals surface area contributed by atoms with Gasteiger partial charge in [0, 0.05) is 5.69 Å². The summed E-state index contributed by atoms with van der Waals surface area (Å²) in [6.07, 6.45) is 7.07. The molecule has 1 aliphatic rings. The van der Waals surface area contributed by atoms with Gasteiger partial charge in [-0.15, -0.1) is 0 Å². The van der Waals surface area contributed by atoms with Crippen LogP contribution in [-0.2, 0) is 12.8 Å². The minimum atomic E-state index is 0.892. The number of aryl methyl sites for hydroxylation is 1. The van der Waals surface area contributed by atoms with Crippen molar-refractivity contribution in [2.75, 3.05) is 0 Å². The zero-order valence-electron chi connectivity index (χ0n) is 6.93. The second-order valence-electron chi connectivity index (χ2n) is 3.39. The van der Waals surface area contributed by atoms with Gasteiger partial charge in [0.2, 0.25) is 0 Å². The van der Waals surface area contributed by atoms with Crippen molar-refractivity contribution in [2.45, 2.75) is 32.6 Å². The Balaban J connectivity index is 2.18. The van der Waals surface area contributed by atoms with Gasteiger partial charge in [0.1, 0.15) is 0 Å². The molecule has 0 amide bonds. The first-order valence-electron chi connectivity index (χ1n) is 4.41. The number of H-pyrrole nitrogens is 1. The molecule has 2 rings (SSSR count). The molecule has 0 radical (unpaired) electrons. The van der Waals surface area contributed by atoms with E-state index in [-0.39, 0.29) is 0 Å². The van der Waals surface area contributed by atoms with E-state index in [9.17, 15) is 0 Å². The lowest BCUT2D eigenvalue weighted by molar-refractivity contribution is 0.440. The molecule has 11 heavy (non-hydrogen) atoms. The first-order chi connectivity index (χ1) is 5.40. The molecule has 1 aromatic rings. The third-order valence-corrected chi connectivity index (χ3v) is 2.70. The smallest absolute Gasteiger partial charge is 0.0522 e. The number of fused-ring (bicyclic) bond motifs is 1. The fourth-order valence-electron chi connectivity index (χ4n) is 1.83. The van der Waals surface area contributed by atoms with Crippen molar-refractivity contribution < 1.29 is 0 Å². The van der Waals surface area contributed by atoms with Gasteiger partial charge in [-0.05, 0) is 30.7 Å². The average Bonchev–Trinajstić information content (AvgIpc) is 2.50. The molecule has 1 aliphatic carbocycles.